The molecular weight excluding hydrogens is 298 g/mol. The molecule has 4 heteroatoms. The molecular formula is C20H27N3O. The van der Waals surface area contributed by atoms with Crippen molar-refractivity contribution in [2.45, 2.75) is 19.8 Å². The van der Waals surface area contributed by atoms with Gasteiger partial charge in [-0.05, 0) is 30.9 Å². The van der Waals surface area contributed by atoms with Crippen molar-refractivity contribution in [1.82, 2.24) is 9.88 Å². The molecule has 0 N–H and O–H groups in total. The summed E-state index contributed by atoms with van der Waals surface area (Å²) in [6.07, 6.45) is 2.28. The van der Waals surface area contributed by atoms with Crippen molar-refractivity contribution in [3.05, 3.63) is 36.0 Å². The first kappa shape index (κ1) is 15.9. The molecule has 1 unspecified atom stereocenters. The van der Waals surface area contributed by atoms with Gasteiger partial charge in [-0.25, -0.2) is 0 Å². The zero-order valence-corrected chi connectivity index (χ0v) is 14.6. The third-order valence-corrected chi connectivity index (χ3v) is 5.36. The highest BCUT2D eigenvalue weighted by Crippen LogP contribution is 2.31. The first-order valence-corrected chi connectivity index (χ1v) is 9.27. The van der Waals surface area contributed by atoms with Gasteiger partial charge in [-0.15, -0.1) is 0 Å². The molecule has 0 amide bonds. The largest absolute Gasteiger partial charge is 0.379 e. The summed E-state index contributed by atoms with van der Waals surface area (Å²) in [5, 5.41) is 1.29. The molecule has 1 aromatic heterocycles. The van der Waals surface area contributed by atoms with E-state index in [2.05, 4.69) is 47.1 Å². The lowest BCUT2D eigenvalue weighted by molar-refractivity contribution is 0.0320. The van der Waals surface area contributed by atoms with Crippen molar-refractivity contribution in [3.8, 4) is 0 Å². The standard InChI is InChI=1S/C20H27N3O/c1-2-17-13-20(18-5-3-4-6-19(18)21-17)23-8-7-16(15-23)14-22-9-11-24-12-10-22/h3-6,13,16H,2,7-12,14-15H2,1H3. The SMILES string of the molecule is CCc1cc(N2CCC(CN3CCOCC3)C2)c2ccccc2n1. The Labute approximate surface area is 144 Å². The van der Waals surface area contributed by atoms with Crippen LogP contribution in [0.25, 0.3) is 10.9 Å². The second-order valence-electron chi connectivity index (χ2n) is 7.02. The molecule has 2 fully saturated rings. The average Bonchev–Trinajstić information content (AvgIpc) is 3.10. The predicted octanol–water partition coefficient (Wildman–Crippen LogP) is 2.96. The van der Waals surface area contributed by atoms with Gasteiger partial charge in [0.1, 0.15) is 0 Å². The van der Waals surface area contributed by atoms with Crippen LogP contribution >= 0.6 is 0 Å². The molecule has 0 radical (unpaired) electrons. The molecule has 1 atom stereocenters. The van der Waals surface area contributed by atoms with Crippen LogP contribution in [0.5, 0.6) is 0 Å². The molecule has 4 nitrogen and oxygen atoms in total. The van der Waals surface area contributed by atoms with Crippen LogP contribution in [-0.4, -0.2) is 55.8 Å². The van der Waals surface area contributed by atoms with Crippen LogP contribution in [0, 0.1) is 5.92 Å². The van der Waals surface area contributed by atoms with Crippen LogP contribution in [0.3, 0.4) is 0 Å². The molecule has 0 bridgehead atoms. The zero-order chi connectivity index (χ0) is 16.4. The number of anilines is 1. The number of hydrogen-bond acceptors (Lipinski definition) is 4. The quantitative estimate of drug-likeness (QED) is 0.864. The minimum absolute atomic E-state index is 0.764. The number of aromatic nitrogens is 1. The minimum Gasteiger partial charge on any atom is -0.379 e. The Balaban J connectivity index is 1.53. The summed E-state index contributed by atoms with van der Waals surface area (Å²) in [6.45, 7) is 9.69. The van der Waals surface area contributed by atoms with E-state index in [1.807, 2.05) is 0 Å². The Hall–Kier alpha value is -1.65. The molecule has 2 aliphatic heterocycles. The summed E-state index contributed by atoms with van der Waals surface area (Å²) < 4.78 is 5.47. The van der Waals surface area contributed by atoms with Crippen molar-refractivity contribution >= 4 is 16.6 Å². The fourth-order valence-corrected chi connectivity index (χ4v) is 4.00. The van der Waals surface area contributed by atoms with Gasteiger partial charge in [0.05, 0.1) is 18.7 Å². The average molecular weight is 325 g/mol. The van der Waals surface area contributed by atoms with Gasteiger partial charge >= 0.3 is 0 Å². The summed E-state index contributed by atoms with van der Waals surface area (Å²) in [5.74, 6) is 0.764. The Morgan fingerprint density at radius 2 is 2.00 bits per heavy atom. The zero-order valence-electron chi connectivity index (χ0n) is 14.6. The van der Waals surface area contributed by atoms with Gasteiger partial charge < -0.3 is 9.64 Å². The number of para-hydroxylation sites is 1. The summed E-state index contributed by atoms with van der Waals surface area (Å²) in [5.41, 5.74) is 3.70. The highest BCUT2D eigenvalue weighted by Gasteiger charge is 2.26. The lowest BCUT2D eigenvalue weighted by atomic mass is 10.1. The molecule has 4 rings (SSSR count). The van der Waals surface area contributed by atoms with Crippen LogP contribution in [0.1, 0.15) is 19.0 Å². The third kappa shape index (κ3) is 3.26. The normalized spacial score (nSPS) is 22.4. The smallest absolute Gasteiger partial charge is 0.0726 e. The first-order chi connectivity index (χ1) is 11.8. The van der Waals surface area contributed by atoms with Gasteiger partial charge in [0.15, 0.2) is 0 Å². The Bertz CT molecular complexity index is 696. The van der Waals surface area contributed by atoms with Gasteiger partial charge in [0, 0.05) is 49.5 Å². The maximum absolute atomic E-state index is 5.47. The second-order valence-corrected chi connectivity index (χ2v) is 7.02. The number of ether oxygens (including phenoxy) is 1. The number of hydrogen-bond donors (Lipinski definition) is 0. The molecule has 2 aromatic rings. The molecule has 1 aromatic carbocycles. The van der Waals surface area contributed by atoms with Crippen LogP contribution in [0.4, 0.5) is 5.69 Å². The molecule has 128 valence electrons. The van der Waals surface area contributed by atoms with Crippen LogP contribution in [0.15, 0.2) is 30.3 Å². The highest BCUT2D eigenvalue weighted by atomic mass is 16.5. The van der Waals surface area contributed by atoms with E-state index in [1.54, 1.807) is 0 Å². The van der Waals surface area contributed by atoms with Gasteiger partial charge in [0.25, 0.3) is 0 Å². The van der Waals surface area contributed by atoms with Gasteiger partial charge in [0.2, 0.25) is 0 Å². The third-order valence-electron chi connectivity index (χ3n) is 5.36. The van der Waals surface area contributed by atoms with Crippen LogP contribution in [0.2, 0.25) is 0 Å². The maximum Gasteiger partial charge on any atom is 0.0726 e. The van der Waals surface area contributed by atoms with E-state index < -0.39 is 0 Å². The molecule has 0 spiro atoms. The molecule has 0 aliphatic carbocycles. The van der Waals surface area contributed by atoms with E-state index in [0.717, 1.165) is 57.2 Å². The molecule has 2 aliphatic rings. The maximum atomic E-state index is 5.47. The lowest BCUT2D eigenvalue weighted by Gasteiger charge is -2.29. The van der Waals surface area contributed by atoms with Crippen molar-refractivity contribution in [1.29, 1.82) is 0 Å². The number of fused-ring (bicyclic) bond motifs is 1. The van der Waals surface area contributed by atoms with Gasteiger partial charge in [-0.3, -0.25) is 9.88 Å². The van der Waals surface area contributed by atoms with Crippen molar-refractivity contribution in [2.24, 2.45) is 5.92 Å². The minimum atomic E-state index is 0.764. The number of benzene rings is 1. The second kappa shape index (κ2) is 7.08. The van der Waals surface area contributed by atoms with Crippen molar-refractivity contribution in [2.75, 3.05) is 50.8 Å². The summed E-state index contributed by atoms with van der Waals surface area (Å²) in [7, 11) is 0. The van der Waals surface area contributed by atoms with Gasteiger partial charge in [-0.2, -0.15) is 0 Å². The molecule has 2 saturated heterocycles. The van der Waals surface area contributed by atoms with Gasteiger partial charge in [-0.1, -0.05) is 25.1 Å². The Morgan fingerprint density at radius 3 is 2.83 bits per heavy atom. The number of morpholine rings is 1. The predicted molar refractivity (Wildman–Crippen MR) is 98.7 cm³/mol. The van der Waals surface area contributed by atoms with Crippen molar-refractivity contribution < 1.29 is 4.74 Å². The summed E-state index contributed by atoms with van der Waals surface area (Å²) in [6, 6.07) is 10.9. The van der Waals surface area contributed by atoms with E-state index in [-0.39, 0.29) is 0 Å². The van der Waals surface area contributed by atoms with Crippen molar-refractivity contribution in [3.63, 3.8) is 0 Å². The monoisotopic (exact) mass is 325 g/mol. The van der Waals surface area contributed by atoms with E-state index in [0.29, 0.717) is 0 Å². The topological polar surface area (TPSA) is 28.6 Å². The number of pyridine rings is 1. The number of nitrogens with zero attached hydrogens (tertiary/aromatic N) is 3. The molecule has 0 saturated carbocycles. The van der Waals surface area contributed by atoms with E-state index in [9.17, 15) is 0 Å². The molecule has 3 heterocycles. The summed E-state index contributed by atoms with van der Waals surface area (Å²) in [4.78, 5) is 9.94. The Kier molecular flexibility index (Phi) is 4.67. The van der Waals surface area contributed by atoms with Crippen LogP contribution in [-0.2, 0) is 11.2 Å². The fourth-order valence-electron chi connectivity index (χ4n) is 4.00. The van der Waals surface area contributed by atoms with E-state index in [1.165, 1.54) is 29.7 Å². The van der Waals surface area contributed by atoms with Crippen LogP contribution < -0.4 is 4.90 Å². The highest BCUT2D eigenvalue weighted by molar-refractivity contribution is 5.92. The first-order valence-electron chi connectivity index (χ1n) is 9.27. The fraction of sp³-hybridized carbons (Fsp3) is 0.550. The Morgan fingerprint density at radius 1 is 1.17 bits per heavy atom. The number of aryl methyl sites for hydroxylation is 1. The lowest BCUT2D eigenvalue weighted by Crippen LogP contribution is -2.39. The summed E-state index contributed by atoms with van der Waals surface area (Å²) >= 11 is 0. The van der Waals surface area contributed by atoms with E-state index >= 15 is 0 Å². The number of rotatable bonds is 4. The molecule has 24 heavy (non-hydrogen) atoms. The van der Waals surface area contributed by atoms with E-state index in [4.69, 9.17) is 9.72 Å².